The summed E-state index contributed by atoms with van der Waals surface area (Å²) >= 11 is 6.15. The molecule has 3 aromatic rings. The van der Waals surface area contributed by atoms with Crippen LogP contribution in [0.5, 0.6) is 0 Å². The zero-order chi connectivity index (χ0) is 13.4. The van der Waals surface area contributed by atoms with E-state index in [2.05, 4.69) is 4.98 Å². The highest BCUT2D eigenvalue weighted by Crippen LogP contribution is 2.27. The van der Waals surface area contributed by atoms with Gasteiger partial charge in [0.1, 0.15) is 5.82 Å². The van der Waals surface area contributed by atoms with E-state index in [-0.39, 0.29) is 5.56 Å². The fraction of sp³-hybridized carbons (Fsp3) is 0. The van der Waals surface area contributed by atoms with Gasteiger partial charge in [0.15, 0.2) is 0 Å². The second kappa shape index (κ2) is 4.40. The van der Waals surface area contributed by atoms with Crippen molar-refractivity contribution in [2.45, 2.75) is 0 Å². The molecule has 0 aliphatic heterocycles. The summed E-state index contributed by atoms with van der Waals surface area (Å²) in [5.74, 6) is -0.343. The SMILES string of the molecule is O=C(O)c1ccc2cnc(-c3ccccc3Cl)n2c1. The highest BCUT2D eigenvalue weighted by Gasteiger charge is 2.11. The van der Waals surface area contributed by atoms with Gasteiger partial charge in [-0.05, 0) is 24.3 Å². The third-order valence-corrected chi connectivity index (χ3v) is 3.22. The van der Waals surface area contributed by atoms with Crippen molar-refractivity contribution >= 4 is 23.1 Å². The molecule has 19 heavy (non-hydrogen) atoms. The second-order valence-corrected chi connectivity index (χ2v) is 4.49. The van der Waals surface area contributed by atoms with E-state index in [0.717, 1.165) is 11.1 Å². The Morgan fingerprint density at radius 3 is 2.74 bits per heavy atom. The van der Waals surface area contributed by atoms with E-state index in [4.69, 9.17) is 16.7 Å². The van der Waals surface area contributed by atoms with Crippen LogP contribution in [0.3, 0.4) is 0 Å². The Balaban J connectivity index is 2.27. The van der Waals surface area contributed by atoms with Crippen molar-refractivity contribution in [3.8, 4) is 11.4 Å². The molecule has 2 aromatic heterocycles. The average molecular weight is 273 g/mol. The van der Waals surface area contributed by atoms with Gasteiger partial charge in [0, 0.05) is 11.8 Å². The van der Waals surface area contributed by atoms with Crippen molar-refractivity contribution in [3.63, 3.8) is 0 Å². The molecule has 0 aliphatic carbocycles. The van der Waals surface area contributed by atoms with Gasteiger partial charge >= 0.3 is 5.97 Å². The topological polar surface area (TPSA) is 54.6 Å². The quantitative estimate of drug-likeness (QED) is 0.778. The van der Waals surface area contributed by atoms with Crippen LogP contribution >= 0.6 is 11.6 Å². The molecule has 94 valence electrons. The number of benzene rings is 1. The van der Waals surface area contributed by atoms with Crippen LogP contribution in [0.15, 0.2) is 48.8 Å². The summed E-state index contributed by atoms with van der Waals surface area (Å²) in [5.41, 5.74) is 1.80. The van der Waals surface area contributed by atoms with Crippen LogP contribution in [0.4, 0.5) is 0 Å². The number of fused-ring (bicyclic) bond motifs is 1. The fourth-order valence-electron chi connectivity index (χ4n) is 1.96. The van der Waals surface area contributed by atoms with Gasteiger partial charge in [-0.1, -0.05) is 23.7 Å². The monoisotopic (exact) mass is 272 g/mol. The molecule has 0 fully saturated rings. The Morgan fingerprint density at radius 1 is 1.21 bits per heavy atom. The summed E-state index contributed by atoms with van der Waals surface area (Å²) < 4.78 is 1.73. The average Bonchev–Trinajstić information content (AvgIpc) is 2.82. The van der Waals surface area contributed by atoms with Crippen molar-refractivity contribution in [1.82, 2.24) is 9.38 Å². The number of aromatic nitrogens is 2. The number of aromatic carboxylic acids is 1. The van der Waals surface area contributed by atoms with Crippen LogP contribution < -0.4 is 0 Å². The van der Waals surface area contributed by atoms with Gasteiger partial charge in [-0.2, -0.15) is 0 Å². The lowest BCUT2D eigenvalue weighted by atomic mass is 10.2. The van der Waals surface area contributed by atoms with Crippen molar-refractivity contribution in [2.75, 3.05) is 0 Å². The van der Waals surface area contributed by atoms with Crippen LogP contribution in [0.2, 0.25) is 5.02 Å². The lowest BCUT2D eigenvalue weighted by Gasteiger charge is -2.04. The minimum Gasteiger partial charge on any atom is -0.478 e. The first-order valence-electron chi connectivity index (χ1n) is 5.62. The van der Waals surface area contributed by atoms with Crippen molar-refractivity contribution in [1.29, 1.82) is 0 Å². The van der Waals surface area contributed by atoms with Crippen LogP contribution in [0.25, 0.3) is 16.9 Å². The summed E-state index contributed by atoms with van der Waals surface area (Å²) in [6.45, 7) is 0. The molecule has 1 aromatic carbocycles. The van der Waals surface area contributed by atoms with Crippen LogP contribution in [-0.4, -0.2) is 20.5 Å². The Hall–Kier alpha value is -2.33. The first-order chi connectivity index (χ1) is 9.16. The van der Waals surface area contributed by atoms with Crippen LogP contribution in [0.1, 0.15) is 10.4 Å². The normalized spacial score (nSPS) is 10.8. The first kappa shape index (κ1) is 11.7. The van der Waals surface area contributed by atoms with Gasteiger partial charge in [0.05, 0.1) is 22.3 Å². The Bertz CT molecular complexity index is 780. The summed E-state index contributed by atoms with van der Waals surface area (Å²) in [6.07, 6.45) is 3.23. The Kier molecular flexibility index (Phi) is 2.72. The zero-order valence-electron chi connectivity index (χ0n) is 9.75. The highest BCUT2D eigenvalue weighted by atomic mass is 35.5. The lowest BCUT2D eigenvalue weighted by molar-refractivity contribution is 0.0696. The molecule has 0 bridgehead atoms. The van der Waals surface area contributed by atoms with Crippen molar-refractivity contribution in [2.24, 2.45) is 0 Å². The van der Waals surface area contributed by atoms with Crippen LogP contribution in [0, 0.1) is 0 Å². The van der Waals surface area contributed by atoms with E-state index < -0.39 is 5.97 Å². The summed E-state index contributed by atoms with van der Waals surface area (Å²) in [7, 11) is 0. The standard InChI is InChI=1S/C14H9ClN2O2/c15-12-4-2-1-3-11(12)13-16-7-10-6-5-9(14(18)19)8-17(10)13/h1-8H,(H,18,19). The minimum absolute atomic E-state index is 0.207. The van der Waals surface area contributed by atoms with Gasteiger partial charge < -0.3 is 5.11 Å². The maximum atomic E-state index is 11.0. The number of carboxylic acid groups (broad SMARTS) is 1. The molecule has 0 amide bonds. The number of carboxylic acids is 1. The molecule has 4 nitrogen and oxygen atoms in total. The second-order valence-electron chi connectivity index (χ2n) is 4.08. The summed E-state index contributed by atoms with van der Waals surface area (Å²) in [6, 6.07) is 10.6. The smallest absolute Gasteiger partial charge is 0.337 e. The largest absolute Gasteiger partial charge is 0.478 e. The predicted molar refractivity (Wildman–Crippen MR) is 72.6 cm³/mol. The molecule has 0 unspecified atom stereocenters. The summed E-state index contributed by atoms with van der Waals surface area (Å²) in [4.78, 5) is 15.3. The molecule has 0 radical (unpaired) electrons. The number of pyridine rings is 1. The van der Waals surface area contributed by atoms with Crippen molar-refractivity contribution in [3.05, 3.63) is 59.4 Å². The van der Waals surface area contributed by atoms with Gasteiger partial charge in [-0.3, -0.25) is 4.40 Å². The van der Waals surface area contributed by atoms with E-state index in [9.17, 15) is 4.79 Å². The number of halogens is 1. The molecule has 2 heterocycles. The maximum absolute atomic E-state index is 11.0. The van der Waals surface area contributed by atoms with E-state index in [0.29, 0.717) is 10.8 Å². The molecule has 5 heteroatoms. The molecule has 0 atom stereocenters. The van der Waals surface area contributed by atoms with Gasteiger partial charge in [0.2, 0.25) is 0 Å². The predicted octanol–water partition coefficient (Wildman–Crippen LogP) is 3.35. The van der Waals surface area contributed by atoms with Gasteiger partial charge in [0.25, 0.3) is 0 Å². The number of nitrogens with zero attached hydrogens (tertiary/aromatic N) is 2. The van der Waals surface area contributed by atoms with E-state index >= 15 is 0 Å². The van der Waals surface area contributed by atoms with Crippen molar-refractivity contribution < 1.29 is 9.90 Å². The summed E-state index contributed by atoms with van der Waals surface area (Å²) in [5, 5.41) is 9.62. The minimum atomic E-state index is -0.972. The molecule has 0 spiro atoms. The molecular formula is C14H9ClN2O2. The Morgan fingerprint density at radius 2 is 2.00 bits per heavy atom. The number of carbonyl (C=O) groups is 1. The molecular weight excluding hydrogens is 264 g/mol. The molecule has 1 N–H and O–H groups in total. The number of hydrogen-bond donors (Lipinski definition) is 1. The lowest BCUT2D eigenvalue weighted by Crippen LogP contribution is -1.99. The van der Waals surface area contributed by atoms with E-state index in [1.807, 2.05) is 18.2 Å². The molecule has 3 rings (SSSR count). The van der Waals surface area contributed by atoms with E-state index in [1.165, 1.54) is 0 Å². The van der Waals surface area contributed by atoms with Gasteiger partial charge in [-0.15, -0.1) is 0 Å². The number of hydrogen-bond acceptors (Lipinski definition) is 2. The maximum Gasteiger partial charge on any atom is 0.337 e. The molecule has 0 saturated heterocycles. The number of rotatable bonds is 2. The Labute approximate surface area is 113 Å². The zero-order valence-corrected chi connectivity index (χ0v) is 10.5. The fourth-order valence-corrected chi connectivity index (χ4v) is 2.18. The van der Waals surface area contributed by atoms with Crippen LogP contribution in [-0.2, 0) is 0 Å². The molecule has 0 saturated carbocycles. The molecule has 0 aliphatic rings. The number of imidazole rings is 1. The first-order valence-corrected chi connectivity index (χ1v) is 6.00. The van der Waals surface area contributed by atoms with E-state index in [1.54, 1.807) is 35.0 Å². The third kappa shape index (κ3) is 1.96. The highest BCUT2D eigenvalue weighted by molar-refractivity contribution is 6.33. The van der Waals surface area contributed by atoms with Gasteiger partial charge in [-0.25, -0.2) is 9.78 Å². The third-order valence-electron chi connectivity index (χ3n) is 2.89.